The molecule has 2 heterocycles. The third-order valence-electron chi connectivity index (χ3n) is 5.35. The van der Waals surface area contributed by atoms with E-state index < -0.39 is 9.84 Å². The molecule has 2 aliphatic heterocycles. The second-order valence-corrected chi connectivity index (χ2v) is 10.6. The van der Waals surface area contributed by atoms with Crippen molar-refractivity contribution in [2.24, 2.45) is 4.99 Å². The molecule has 142 valence electrons. The predicted molar refractivity (Wildman–Crippen MR) is 115 cm³/mol. The van der Waals surface area contributed by atoms with E-state index in [9.17, 15) is 8.42 Å². The summed E-state index contributed by atoms with van der Waals surface area (Å²) in [4.78, 5) is 7.03. The molecule has 0 radical (unpaired) electrons. The zero-order valence-electron chi connectivity index (χ0n) is 15.8. The van der Waals surface area contributed by atoms with Crippen molar-refractivity contribution < 1.29 is 8.42 Å². The first-order valence-electron chi connectivity index (χ1n) is 9.16. The van der Waals surface area contributed by atoms with E-state index >= 15 is 0 Å². The van der Waals surface area contributed by atoms with Crippen molar-refractivity contribution >= 4 is 32.5 Å². The van der Waals surface area contributed by atoms with Gasteiger partial charge in [0.05, 0.1) is 23.6 Å². The van der Waals surface area contributed by atoms with Gasteiger partial charge >= 0.3 is 0 Å². The van der Waals surface area contributed by atoms with Crippen molar-refractivity contribution in [3.05, 3.63) is 64.7 Å². The maximum absolute atomic E-state index is 12.2. The van der Waals surface area contributed by atoms with E-state index in [2.05, 4.69) is 62.1 Å². The molecule has 2 aliphatic rings. The molecule has 27 heavy (non-hydrogen) atoms. The first kappa shape index (κ1) is 18.6. The number of hydrogen-bond acceptors (Lipinski definition) is 5. The Kier molecular flexibility index (Phi) is 4.80. The van der Waals surface area contributed by atoms with Crippen LogP contribution in [0.4, 0.5) is 5.69 Å². The third-order valence-corrected chi connectivity index (χ3v) is 8.06. The molecule has 2 atom stereocenters. The summed E-state index contributed by atoms with van der Waals surface area (Å²) in [5.74, 6) is 1.18. The van der Waals surface area contributed by atoms with Crippen LogP contribution in [-0.2, 0) is 15.6 Å². The number of fused-ring (bicyclic) bond motifs is 1. The lowest BCUT2D eigenvalue weighted by Crippen LogP contribution is -2.39. The lowest BCUT2D eigenvalue weighted by molar-refractivity contribution is 0.601. The molecule has 0 saturated carbocycles. The molecule has 0 aliphatic carbocycles. The Morgan fingerprint density at radius 3 is 2.63 bits per heavy atom. The molecule has 0 bridgehead atoms. The first-order chi connectivity index (χ1) is 12.8. The maximum atomic E-state index is 12.2. The van der Waals surface area contributed by atoms with Crippen molar-refractivity contribution in [2.45, 2.75) is 38.6 Å². The molecule has 4 nitrogen and oxygen atoms in total. The first-order valence-corrected chi connectivity index (χ1v) is 12.0. The van der Waals surface area contributed by atoms with Gasteiger partial charge in [0.25, 0.3) is 0 Å². The average Bonchev–Trinajstić information content (AvgIpc) is 3.07. The lowest BCUT2D eigenvalue weighted by atomic mass is 10.1. The van der Waals surface area contributed by atoms with Crippen LogP contribution in [0.3, 0.4) is 0 Å². The zero-order valence-corrected chi connectivity index (χ0v) is 17.5. The summed E-state index contributed by atoms with van der Waals surface area (Å²) in [5.41, 5.74) is 5.95. The number of aryl methyl sites for hydroxylation is 3. The van der Waals surface area contributed by atoms with Gasteiger partial charge in [0.2, 0.25) is 0 Å². The van der Waals surface area contributed by atoms with Gasteiger partial charge in [0, 0.05) is 11.4 Å². The summed E-state index contributed by atoms with van der Waals surface area (Å²) < 4.78 is 24.4. The van der Waals surface area contributed by atoms with E-state index in [0.717, 1.165) is 22.2 Å². The van der Waals surface area contributed by atoms with E-state index in [4.69, 9.17) is 4.99 Å². The highest BCUT2D eigenvalue weighted by molar-refractivity contribution is 8.13. The SMILES string of the molecule is Cc1ccc(C)c(N2C(SCc3ccccc3C)=N[C@@H]3CS(=O)(=O)C[C@H]32)c1. The topological polar surface area (TPSA) is 49.7 Å². The predicted octanol–water partition coefficient (Wildman–Crippen LogP) is 3.89. The van der Waals surface area contributed by atoms with Gasteiger partial charge in [-0.15, -0.1) is 0 Å². The molecular formula is C21H24N2O2S2. The van der Waals surface area contributed by atoms with E-state index in [-0.39, 0.29) is 23.6 Å². The Balaban J connectivity index is 1.68. The van der Waals surface area contributed by atoms with Gasteiger partial charge in [-0.05, 0) is 49.1 Å². The molecular weight excluding hydrogens is 376 g/mol. The van der Waals surface area contributed by atoms with Gasteiger partial charge in [-0.1, -0.05) is 48.2 Å². The molecule has 2 aromatic rings. The highest BCUT2D eigenvalue weighted by Gasteiger charge is 2.47. The van der Waals surface area contributed by atoms with E-state index in [0.29, 0.717) is 0 Å². The minimum atomic E-state index is -3.02. The van der Waals surface area contributed by atoms with Crippen LogP contribution in [0.1, 0.15) is 22.3 Å². The van der Waals surface area contributed by atoms with Crippen LogP contribution in [0.2, 0.25) is 0 Å². The number of rotatable bonds is 3. The fourth-order valence-electron chi connectivity index (χ4n) is 3.81. The minimum Gasteiger partial charge on any atom is -0.315 e. The van der Waals surface area contributed by atoms with Crippen LogP contribution < -0.4 is 4.90 Å². The summed E-state index contributed by atoms with van der Waals surface area (Å²) in [5, 5.41) is 0.942. The summed E-state index contributed by atoms with van der Waals surface area (Å²) in [7, 11) is -3.02. The van der Waals surface area contributed by atoms with E-state index in [1.54, 1.807) is 11.8 Å². The average molecular weight is 401 g/mol. The number of aliphatic imine (C=N–C) groups is 1. The normalized spacial score (nSPS) is 23.4. The molecule has 0 amide bonds. The van der Waals surface area contributed by atoms with Crippen LogP contribution in [0, 0.1) is 20.8 Å². The second kappa shape index (κ2) is 6.99. The standard InChI is InChI=1S/C21H24N2O2S2/c1-14-8-9-16(3)19(10-14)23-20-13-27(24,25)12-18(20)22-21(23)26-11-17-7-5-4-6-15(17)2/h4-10,18,20H,11-13H2,1-3H3/t18-,20-/m1/s1. The minimum absolute atomic E-state index is 0.0881. The Morgan fingerprint density at radius 2 is 1.85 bits per heavy atom. The maximum Gasteiger partial charge on any atom is 0.164 e. The summed E-state index contributed by atoms with van der Waals surface area (Å²) >= 11 is 1.71. The fraction of sp³-hybridized carbons (Fsp3) is 0.381. The van der Waals surface area contributed by atoms with Gasteiger partial charge < -0.3 is 4.90 Å². The second-order valence-electron chi connectivity index (χ2n) is 7.50. The van der Waals surface area contributed by atoms with Crippen LogP contribution in [0.5, 0.6) is 0 Å². The number of thioether (sulfide) groups is 1. The Labute approximate surface area is 165 Å². The molecule has 1 fully saturated rings. The van der Waals surface area contributed by atoms with Gasteiger partial charge in [-0.2, -0.15) is 0 Å². The highest BCUT2D eigenvalue weighted by Crippen LogP contribution is 2.37. The number of hydrogen-bond donors (Lipinski definition) is 0. The number of nitrogens with zero attached hydrogens (tertiary/aromatic N) is 2. The van der Waals surface area contributed by atoms with Crippen molar-refractivity contribution in [3.8, 4) is 0 Å². The van der Waals surface area contributed by atoms with Gasteiger partial charge in [0.15, 0.2) is 15.0 Å². The van der Waals surface area contributed by atoms with E-state index in [1.807, 2.05) is 6.07 Å². The molecule has 0 spiro atoms. The van der Waals surface area contributed by atoms with Crippen LogP contribution >= 0.6 is 11.8 Å². The smallest absolute Gasteiger partial charge is 0.164 e. The van der Waals surface area contributed by atoms with Gasteiger partial charge in [-0.3, -0.25) is 4.99 Å². The molecule has 1 saturated heterocycles. The molecule has 4 rings (SSSR count). The van der Waals surface area contributed by atoms with E-state index in [1.165, 1.54) is 16.7 Å². The van der Waals surface area contributed by atoms with Crippen LogP contribution in [0.15, 0.2) is 47.5 Å². The van der Waals surface area contributed by atoms with Crippen molar-refractivity contribution in [2.75, 3.05) is 16.4 Å². The summed E-state index contributed by atoms with van der Waals surface area (Å²) in [6, 6.07) is 14.5. The fourth-order valence-corrected chi connectivity index (χ4v) is 6.84. The lowest BCUT2D eigenvalue weighted by Gasteiger charge is -2.28. The Bertz CT molecular complexity index is 1010. The van der Waals surface area contributed by atoms with Crippen molar-refractivity contribution in [1.29, 1.82) is 0 Å². The van der Waals surface area contributed by atoms with Crippen LogP contribution in [0.25, 0.3) is 0 Å². The summed E-state index contributed by atoms with van der Waals surface area (Å²) in [6.45, 7) is 6.27. The number of anilines is 1. The van der Waals surface area contributed by atoms with Crippen molar-refractivity contribution in [3.63, 3.8) is 0 Å². The molecule has 6 heteroatoms. The monoisotopic (exact) mass is 400 g/mol. The molecule has 0 unspecified atom stereocenters. The Morgan fingerprint density at radius 1 is 1.07 bits per heavy atom. The zero-order chi connectivity index (χ0) is 19.2. The molecule has 0 N–H and O–H groups in total. The molecule has 0 aromatic heterocycles. The third kappa shape index (κ3) is 3.65. The highest BCUT2D eigenvalue weighted by atomic mass is 32.2. The van der Waals surface area contributed by atoms with Gasteiger partial charge in [0.1, 0.15) is 0 Å². The Hall–Kier alpha value is -1.79. The van der Waals surface area contributed by atoms with Crippen molar-refractivity contribution in [1.82, 2.24) is 0 Å². The number of sulfone groups is 1. The number of amidine groups is 1. The molecule has 2 aromatic carbocycles. The number of benzene rings is 2. The largest absolute Gasteiger partial charge is 0.315 e. The summed E-state index contributed by atoms with van der Waals surface area (Å²) in [6.07, 6.45) is 0. The van der Waals surface area contributed by atoms with Crippen LogP contribution in [-0.4, -0.2) is 37.2 Å². The quantitative estimate of drug-likeness (QED) is 0.784. The van der Waals surface area contributed by atoms with Gasteiger partial charge in [-0.25, -0.2) is 8.42 Å².